The van der Waals surface area contributed by atoms with Gasteiger partial charge < -0.3 is 10.1 Å². The van der Waals surface area contributed by atoms with E-state index in [2.05, 4.69) is 12.2 Å². The minimum atomic E-state index is 0.771. The molecule has 1 heterocycles. The van der Waals surface area contributed by atoms with Gasteiger partial charge in [0.25, 0.3) is 0 Å². The summed E-state index contributed by atoms with van der Waals surface area (Å²) >= 11 is 0. The first-order chi connectivity index (χ1) is 7.42. The number of hydrogen-bond donors (Lipinski definition) is 1. The molecule has 2 saturated carbocycles. The van der Waals surface area contributed by atoms with Crippen molar-refractivity contribution in [3.63, 3.8) is 0 Å². The van der Waals surface area contributed by atoms with Gasteiger partial charge in [-0.1, -0.05) is 13.3 Å². The fourth-order valence-corrected chi connectivity index (χ4v) is 4.10. The molecule has 0 aromatic carbocycles. The Hall–Kier alpha value is -0.0800. The molecular weight excluding hydrogens is 186 g/mol. The Kier molecular flexibility index (Phi) is 2.73. The predicted octanol–water partition coefficient (Wildman–Crippen LogP) is 2.05. The smallest absolute Gasteiger partial charge is 0.0510 e. The highest BCUT2D eigenvalue weighted by atomic mass is 16.5. The van der Waals surface area contributed by atoms with Crippen LogP contribution in [0.15, 0.2) is 0 Å². The molecule has 2 aliphatic carbocycles. The van der Waals surface area contributed by atoms with Crippen molar-refractivity contribution in [3.05, 3.63) is 0 Å². The molecule has 0 radical (unpaired) electrons. The summed E-state index contributed by atoms with van der Waals surface area (Å²) in [6, 6.07) is 0.771. The maximum Gasteiger partial charge on any atom is 0.0510 e. The van der Waals surface area contributed by atoms with E-state index in [1.54, 1.807) is 0 Å². The Morgan fingerprint density at radius 3 is 2.67 bits per heavy atom. The van der Waals surface area contributed by atoms with Crippen LogP contribution in [0.25, 0.3) is 0 Å². The van der Waals surface area contributed by atoms with Crippen molar-refractivity contribution in [1.29, 1.82) is 0 Å². The summed E-state index contributed by atoms with van der Waals surface area (Å²) in [7, 11) is 0. The normalized spacial score (nSPS) is 45.4. The first-order valence-corrected chi connectivity index (χ1v) is 6.73. The minimum Gasteiger partial charge on any atom is -0.381 e. The molecule has 0 aromatic heterocycles. The third-order valence-electron chi connectivity index (χ3n) is 4.80. The van der Waals surface area contributed by atoms with E-state index in [0.717, 1.165) is 49.5 Å². The van der Waals surface area contributed by atoms with E-state index in [-0.39, 0.29) is 0 Å². The van der Waals surface area contributed by atoms with E-state index in [4.69, 9.17) is 4.74 Å². The average molecular weight is 209 g/mol. The van der Waals surface area contributed by atoms with Crippen molar-refractivity contribution < 1.29 is 4.74 Å². The second kappa shape index (κ2) is 4.06. The molecule has 1 N–H and O–H groups in total. The zero-order valence-corrected chi connectivity index (χ0v) is 9.74. The molecule has 4 unspecified atom stereocenters. The Labute approximate surface area is 92.8 Å². The van der Waals surface area contributed by atoms with Gasteiger partial charge in [-0.05, 0) is 43.6 Å². The van der Waals surface area contributed by atoms with E-state index in [0.29, 0.717) is 0 Å². The molecule has 2 heteroatoms. The van der Waals surface area contributed by atoms with Crippen LogP contribution in [0.2, 0.25) is 0 Å². The molecule has 2 nitrogen and oxygen atoms in total. The Bertz CT molecular complexity index is 215. The van der Waals surface area contributed by atoms with Gasteiger partial charge in [0.15, 0.2) is 0 Å². The van der Waals surface area contributed by atoms with Gasteiger partial charge >= 0.3 is 0 Å². The van der Waals surface area contributed by atoms with Gasteiger partial charge in [0.05, 0.1) is 6.61 Å². The molecule has 0 amide bonds. The Morgan fingerprint density at radius 2 is 2.07 bits per heavy atom. The number of hydrogen-bond acceptors (Lipinski definition) is 2. The van der Waals surface area contributed by atoms with Gasteiger partial charge in [-0.25, -0.2) is 0 Å². The number of fused-ring (bicyclic) bond motifs is 1. The summed E-state index contributed by atoms with van der Waals surface area (Å²) in [5, 5.41) is 3.74. The fourth-order valence-electron chi connectivity index (χ4n) is 4.10. The van der Waals surface area contributed by atoms with Crippen molar-refractivity contribution in [1.82, 2.24) is 5.32 Å². The highest BCUT2D eigenvalue weighted by Crippen LogP contribution is 2.60. The summed E-state index contributed by atoms with van der Waals surface area (Å²) in [5.41, 5.74) is 0. The number of ether oxygens (including phenoxy) is 1. The van der Waals surface area contributed by atoms with Gasteiger partial charge in [-0.2, -0.15) is 0 Å². The third-order valence-corrected chi connectivity index (χ3v) is 4.80. The summed E-state index contributed by atoms with van der Waals surface area (Å²) < 4.78 is 5.54. The molecule has 4 atom stereocenters. The van der Waals surface area contributed by atoms with Crippen LogP contribution in [0.5, 0.6) is 0 Å². The topological polar surface area (TPSA) is 21.3 Å². The Morgan fingerprint density at radius 1 is 1.27 bits per heavy atom. The van der Waals surface area contributed by atoms with Crippen molar-refractivity contribution in [2.45, 2.75) is 38.6 Å². The lowest BCUT2D eigenvalue weighted by Gasteiger charge is -2.25. The van der Waals surface area contributed by atoms with Crippen LogP contribution in [0, 0.1) is 23.7 Å². The summed E-state index contributed by atoms with van der Waals surface area (Å²) in [6.45, 7) is 5.36. The largest absolute Gasteiger partial charge is 0.381 e. The lowest BCUT2D eigenvalue weighted by Crippen LogP contribution is -2.39. The highest BCUT2D eigenvalue weighted by Gasteiger charge is 2.57. The lowest BCUT2D eigenvalue weighted by molar-refractivity contribution is 0.171. The van der Waals surface area contributed by atoms with Crippen LogP contribution >= 0.6 is 0 Å². The molecule has 0 bridgehead atoms. The first-order valence-electron chi connectivity index (χ1n) is 6.73. The molecule has 15 heavy (non-hydrogen) atoms. The average Bonchev–Trinajstić information content (AvgIpc) is 2.73. The molecule has 0 spiro atoms. The van der Waals surface area contributed by atoms with Crippen molar-refractivity contribution >= 4 is 0 Å². The summed E-state index contributed by atoms with van der Waals surface area (Å²) in [5.74, 6) is 3.97. The molecule has 86 valence electrons. The van der Waals surface area contributed by atoms with Crippen LogP contribution in [-0.4, -0.2) is 25.8 Å². The van der Waals surface area contributed by atoms with Crippen molar-refractivity contribution in [2.24, 2.45) is 23.7 Å². The Balaban J connectivity index is 1.63. The second-order valence-electron chi connectivity index (χ2n) is 5.54. The van der Waals surface area contributed by atoms with Gasteiger partial charge in [-0.15, -0.1) is 0 Å². The van der Waals surface area contributed by atoms with Crippen molar-refractivity contribution in [3.8, 4) is 0 Å². The molecular formula is C13H23NO. The molecule has 0 aromatic rings. The van der Waals surface area contributed by atoms with E-state index in [1.807, 2.05) is 0 Å². The SMILES string of the molecule is CCNC(C1CCOC1)C1C2CCCC21. The quantitative estimate of drug-likeness (QED) is 0.765. The second-order valence-corrected chi connectivity index (χ2v) is 5.54. The van der Waals surface area contributed by atoms with Gasteiger partial charge in [-0.3, -0.25) is 0 Å². The standard InChI is InChI=1S/C13H23NO/c1-2-14-13(9-6-7-15-8-9)12-10-4-3-5-11(10)12/h9-14H,2-8H2,1H3. The van der Waals surface area contributed by atoms with Crippen LogP contribution in [0.1, 0.15) is 32.6 Å². The maximum atomic E-state index is 5.54. The molecule has 3 fully saturated rings. The number of nitrogens with one attached hydrogen (secondary N) is 1. The van der Waals surface area contributed by atoms with Crippen LogP contribution < -0.4 is 5.32 Å². The van der Waals surface area contributed by atoms with Gasteiger partial charge in [0.2, 0.25) is 0 Å². The fraction of sp³-hybridized carbons (Fsp3) is 1.00. The lowest BCUT2D eigenvalue weighted by atomic mass is 9.91. The van der Waals surface area contributed by atoms with Crippen LogP contribution in [-0.2, 0) is 4.74 Å². The monoisotopic (exact) mass is 209 g/mol. The predicted molar refractivity (Wildman–Crippen MR) is 60.7 cm³/mol. The zero-order valence-electron chi connectivity index (χ0n) is 9.74. The van der Waals surface area contributed by atoms with Crippen LogP contribution in [0.4, 0.5) is 0 Å². The molecule has 1 aliphatic heterocycles. The minimum absolute atomic E-state index is 0.771. The summed E-state index contributed by atoms with van der Waals surface area (Å²) in [6.07, 6.45) is 5.79. The van der Waals surface area contributed by atoms with Crippen LogP contribution in [0.3, 0.4) is 0 Å². The van der Waals surface area contributed by atoms with E-state index in [9.17, 15) is 0 Å². The zero-order chi connectivity index (χ0) is 10.3. The van der Waals surface area contributed by atoms with E-state index < -0.39 is 0 Å². The molecule has 1 saturated heterocycles. The number of rotatable bonds is 4. The van der Waals surface area contributed by atoms with Crippen molar-refractivity contribution in [2.75, 3.05) is 19.8 Å². The highest BCUT2D eigenvalue weighted by molar-refractivity contribution is 5.07. The maximum absolute atomic E-state index is 5.54. The molecule has 3 aliphatic rings. The summed E-state index contributed by atoms with van der Waals surface area (Å²) in [4.78, 5) is 0. The first kappa shape index (κ1) is 10.1. The third kappa shape index (κ3) is 1.72. The van der Waals surface area contributed by atoms with E-state index >= 15 is 0 Å². The molecule has 3 rings (SSSR count). The van der Waals surface area contributed by atoms with Gasteiger partial charge in [0.1, 0.15) is 0 Å². The van der Waals surface area contributed by atoms with Gasteiger partial charge in [0, 0.05) is 18.6 Å². The van der Waals surface area contributed by atoms with E-state index in [1.165, 1.54) is 25.7 Å².